The third-order valence-electron chi connectivity index (χ3n) is 4.46. The minimum absolute atomic E-state index is 0.0472. The highest BCUT2D eigenvalue weighted by molar-refractivity contribution is 6.47. The summed E-state index contributed by atoms with van der Waals surface area (Å²) in [4.78, 5) is 38.4. The molecule has 0 saturated heterocycles. The zero-order valence-corrected chi connectivity index (χ0v) is 15.5. The molecule has 2 N–H and O–H groups in total. The van der Waals surface area contributed by atoms with Crippen molar-refractivity contribution in [3.63, 3.8) is 0 Å². The number of Topliss-reactive ketones (excluding diaryl/α,β-unsaturated/α-hetero) is 1. The summed E-state index contributed by atoms with van der Waals surface area (Å²) in [6, 6.07) is 5.07. The van der Waals surface area contributed by atoms with E-state index in [0.29, 0.717) is 5.69 Å². The lowest BCUT2D eigenvalue weighted by atomic mass is 10.0. The van der Waals surface area contributed by atoms with Gasteiger partial charge >= 0.3 is 0 Å². The number of nitrogens with zero attached hydrogens (tertiary/aromatic N) is 3. The van der Waals surface area contributed by atoms with Crippen molar-refractivity contribution in [1.82, 2.24) is 4.57 Å². The van der Waals surface area contributed by atoms with E-state index >= 15 is 0 Å². The minimum atomic E-state index is -0.971. The second kappa shape index (κ2) is 7.77. The molecule has 0 aliphatic carbocycles. The van der Waals surface area contributed by atoms with Crippen LogP contribution < -0.4 is 10.6 Å². The molecule has 28 heavy (non-hydrogen) atoms. The average molecular weight is 380 g/mol. The highest BCUT2D eigenvalue weighted by Gasteiger charge is 2.31. The van der Waals surface area contributed by atoms with Crippen LogP contribution in [-0.4, -0.2) is 28.7 Å². The van der Waals surface area contributed by atoms with Crippen molar-refractivity contribution in [3.8, 4) is 18.4 Å². The number of carbonyl (C=O) groups excluding carboxylic acids is 3. The number of primary amides is 1. The molecule has 0 fully saturated rings. The Bertz CT molecular complexity index is 1090. The SMILES string of the molecule is C#CCN(C(=O)C(=O)c1c(C)c(C(N)=O)n(C)c1C)c1ccc(F)c(C#N)c1. The fraction of sp³-hybridized carbons (Fsp3) is 0.200. The lowest BCUT2D eigenvalue weighted by molar-refractivity contribution is -0.114. The first-order chi connectivity index (χ1) is 13.1. The molecule has 0 radical (unpaired) electrons. The molecule has 8 heteroatoms. The summed E-state index contributed by atoms with van der Waals surface area (Å²) >= 11 is 0. The first-order valence-corrected chi connectivity index (χ1v) is 8.10. The van der Waals surface area contributed by atoms with E-state index in [1.807, 2.05) is 0 Å². The number of hydrogen-bond donors (Lipinski definition) is 1. The van der Waals surface area contributed by atoms with E-state index in [4.69, 9.17) is 17.4 Å². The summed E-state index contributed by atoms with van der Waals surface area (Å²) in [6.07, 6.45) is 5.31. The summed E-state index contributed by atoms with van der Waals surface area (Å²) in [5.74, 6) is -1.08. The maximum absolute atomic E-state index is 13.6. The molecule has 1 heterocycles. The molecule has 2 rings (SSSR count). The Labute approximate surface area is 161 Å². The predicted molar refractivity (Wildman–Crippen MR) is 100 cm³/mol. The fourth-order valence-electron chi connectivity index (χ4n) is 3.03. The van der Waals surface area contributed by atoms with Crippen molar-refractivity contribution < 1.29 is 18.8 Å². The zero-order chi connectivity index (χ0) is 21.2. The highest BCUT2D eigenvalue weighted by Crippen LogP contribution is 2.24. The molecule has 0 bridgehead atoms. The van der Waals surface area contributed by atoms with E-state index in [2.05, 4.69) is 5.92 Å². The molecule has 0 atom stereocenters. The second-order valence-corrected chi connectivity index (χ2v) is 6.06. The third-order valence-corrected chi connectivity index (χ3v) is 4.46. The van der Waals surface area contributed by atoms with Crippen LogP contribution >= 0.6 is 0 Å². The minimum Gasteiger partial charge on any atom is -0.364 e. The number of benzene rings is 1. The molecule has 1 aromatic carbocycles. The van der Waals surface area contributed by atoms with Crippen molar-refractivity contribution in [1.29, 1.82) is 5.26 Å². The molecular formula is C20H17FN4O3. The van der Waals surface area contributed by atoms with Crippen LogP contribution in [0.25, 0.3) is 0 Å². The van der Waals surface area contributed by atoms with Gasteiger partial charge in [-0.05, 0) is 37.6 Å². The maximum Gasteiger partial charge on any atom is 0.300 e. The molecule has 1 aromatic heterocycles. The third kappa shape index (κ3) is 3.36. The highest BCUT2D eigenvalue weighted by atomic mass is 19.1. The van der Waals surface area contributed by atoms with Gasteiger partial charge in [0.25, 0.3) is 17.6 Å². The Hall–Kier alpha value is -3.91. The Kier molecular flexibility index (Phi) is 5.66. The van der Waals surface area contributed by atoms with Gasteiger partial charge in [0.2, 0.25) is 0 Å². The molecule has 2 amide bonds. The summed E-state index contributed by atoms with van der Waals surface area (Å²) < 4.78 is 15.0. The number of amides is 2. The molecule has 0 unspecified atom stereocenters. The van der Waals surface area contributed by atoms with Gasteiger partial charge in [-0.25, -0.2) is 4.39 Å². The Morgan fingerprint density at radius 2 is 1.96 bits per heavy atom. The van der Waals surface area contributed by atoms with Crippen LogP contribution in [-0.2, 0) is 11.8 Å². The predicted octanol–water partition coefficient (Wildman–Crippen LogP) is 1.60. The van der Waals surface area contributed by atoms with E-state index in [0.717, 1.165) is 17.0 Å². The van der Waals surface area contributed by atoms with Crippen LogP contribution in [0.15, 0.2) is 18.2 Å². The number of terminal acetylenes is 1. The number of nitrogens with two attached hydrogens (primary N) is 1. The van der Waals surface area contributed by atoms with Crippen molar-refractivity contribution in [2.45, 2.75) is 13.8 Å². The Morgan fingerprint density at radius 3 is 2.46 bits per heavy atom. The van der Waals surface area contributed by atoms with Gasteiger partial charge in [0, 0.05) is 18.4 Å². The monoisotopic (exact) mass is 380 g/mol. The number of carbonyl (C=O) groups is 3. The van der Waals surface area contributed by atoms with Crippen molar-refractivity contribution >= 4 is 23.3 Å². The fourth-order valence-corrected chi connectivity index (χ4v) is 3.03. The van der Waals surface area contributed by atoms with Gasteiger partial charge in [-0.1, -0.05) is 5.92 Å². The first-order valence-electron chi connectivity index (χ1n) is 8.10. The Morgan fingerprint density at radius 1 is 1.32 bits per heavy atom. The van der Waals surface area contributed by atoms with E-state index in [-0.39, 0.29) is 34.6 Å². The van der Waals surface area contributed by atoms with Crippen molar-refractivity contribution in [2.24, 2.45) is 12.8 Å². The zero-order valence-electron chi connectivity index (χ0n) is 15.5. The number of aromatic nitrogens is 1. The first kappa shape index (κ1) is 20.4. The topological polar surface area (TPSA) is 109 Å². The normalized spacial score (nSPS) is 10.1. The molecule has 2 aromatic rings. The van der Waals surface area contributed by atoms with Crippen LogP contribution in [0.2, 0.25) is 0 Å². The van der Waals surface area contributed by atoms with Crippen molar-refractivity contribution in [2.75, 3.05) is 11.4 Å². The number of halogens is 1. The maximum atomic E-state index is 13.6. The van der Waals surface area contributed by atoms with Crippen LogP contribution in [0.5, 0.6) is 0 Å². The van der Waals surface area contributed by atoms with E-state index in [1.54, 1.807) is 20.0 Å². The van der Waals surface area contributed by atoms with Gasteiger partial charge in [-0.3, -0.25) is 19.3 Å². The summed E-state index contributed by atoms with van der Waals surface area (Å²) in [6.45, 7) is 2.83. The van der Waals surface area contributed by atoms with E-state index in [1.165, 1.54) is 17.6 Å². The molecular weight excluding hydrogens is 363 g/mol. The second-order valence-electron chi connectivity index (χ2n) is 6.06. The lowest BCUT2D eigenvalue weighted by Crippen LogP contribution is -2.37. The van der Waals surface area contributed by atoms with Gasteiger partial charge in [0.1, 0.15) is 17.6 Å². The standard InChI is InChI=1S/C20H17FN4O3/c1-5-8-25(14-6-7-15(21)13(9-14)10-22)20(28)18(26)16-11(2)17(19(23)27)24(4)12(16)3/h1,6-7,9H,8H2,2-4H3,(H2,23,27). The van der Waals surface area contributed by atoms with E-state index < -0.39 is 23.4 Å². The van der Waals surface area contributed by atoms with Gasteiger partial charge in [-0.2, -0.15) is 5.26 Å². The molecule has 0 aliphatic heterocycles. The van der Waals surface area contributed by atoms with E-state index in [9.17, 15) is 18.8 Å². The van der Waals surface area contributed by atoms with Crippen LogP contribution in [0.3, 0.4) is 0 Å². The quantitative estimate of drug-likeness (QED) is 0.483. The number of rotatable bonds is 5. The molecule has 7 nitrogen and oxygen atoms in total. The van der Waals surface area contributed by atoms with Crippen LogP contribution in [0.4, 0.5) is 10.1 Å². The lowest BCUT2D eigenvalue weighted by Gasteiger charge is -2.20. The van der Waals surface area contributed by atoms with Gasteiger partial charge in [0.15, 0.2) is 0 Å². The van der Waals surface area contributed by atoms with Crippen LogP contribution in [0.1, 0.15) is 37.7 Å². The Balaban J connectivity index is 2.55. The van der Waals surface area contributed by atoms with Gasteiger partial charge < -0.3 is 10.3 Å². The van der Waals surface area contributed by atoms with Crippen LogP contribution in [0, 0.1) is 43.3 Å². The molecule has 142 valence electrons. The molecule has 0 aliphatic rings. The molecule has 0 spiro atoms. The number of nitriles is 1. The number of anilines is 1. The number of ketones is 1. The van der Waals surface area contributed by atoms with Gasteiger partial charge in [-0.15, -0.1) is 6.42 Å². The number of hydrogen-bond acceptors (Lipinski definition) is 4. The van der Waals surface area contributed by atoms with Gasteiger partial charge in [0.05, 0.1) is 17.7 Å². The van der Waals surface area contributed by atoms with Crippen molar-refractivity contribution in [3.05, 3.63) is 52.1 Å². The largest absolute Gasteiger partial charge is 0.364 e. The smallest absolute Gasteiger partial charge is 0.300 e. The average Bonchev–Trinajstić information content (AvgIpc) is 2.88. The molecule has 0 saturated carbocycles. The summed E-state index contributed by atoms with van der Waals surface area (Å²) in [5.41, 5.74) is 6.01. The summed E-state index contributed by atoms with van der Waals surface area (Å²) in [5, 5.41) is 8.99. The summed E-state index contributed by atoms with van der Waals surface area (Å²) in [7, 11) is 1.56.